The number of hydrogen-bond donors (Lipinski definition) is 0. The molecule has 1 radical (unpaired) electrons. The van der Waals surface area contributed by atoms with Crippen molar-refractivity contribution >= 4 is 11.8 Å². The number of hydrogen-bond acceptors (Lipinski definition) is 1. The Balaban J connectivity index is 2.78. The fourth-order valence-electron chi connectivity index (χ4n) is 1.47. The summed E-state index contributed by atoms with van der Waals surface area (Å²) in [6, 6.07) is 0. The van der Waals surface area contributed by atoms with Gasteiger partial charge in [0.05, 0.1) is 0 Å². The minimum Gasteiger partial charge on any atom is -0.162 e. The molecule has 0 aromatic carbocycles. The normalized spacial score (nSPS) is 10.7. The Bertz CT molecular complexity index is 79.2. The van der Waals surface area contributed by atoms with Crippen molar-refractivity contribution in [3.05, 3.63) is 6.92 Å². The van der Waals surface area contributed by atoms with Gasteiger partial charge in [0, 0.05) is 0 Å². The largest absolute Gasteiger partial charge is 0.162 e. The molecule has 14 heavy (non-hydrogen) atoms. The van der Waals surface area contributed by atoms with Crippen LogP contribution in [-0.2, 0) is 0 Å². The number of rotatable bonds is 11. The SMILES string of the molecule is [CH2]CCCCCSCCCCCCC. The summed E-state index contributed by atoms with van der Waals surface area (Å²) in [7, 11) is 0. The summed E-state index contributed by atoms with van der Waals surface area (Å²) < 4.78 is 0. The minimum absolute atomic E-state index is 1.11. The zero-order chi connectivity index (χ0) is 10.5. The molecule has 0 saturated heterocycles. The Kier molecular flexibility index (Phi) is 13.7. The highest BCUT2D eigenvalue weighted by Crippen LogP contribution is 2.11. The van der Waals surface area contributed by atoms with E-state index in [4.69, 9.17) is 0 Å². The van der Waals surface area contributed by atoms with Crippen LogP contribution in [0.3, 0.4) is 0 Å². The minimum atomic E-state index is 1.11. The van der Waals surface area contributed by atoms with Gasteiger partial charge in [-0.15, -0.1) is 0 Å². The fraction of sp³-hybridized carbons (Fsp3) is 0.923. The molecule has 0 spiro atoms. The lowest BCUT2D eigenvalue weighted by molar-refractivity contribution is 0.659. The second-order valence-corrected chi connectivity index (χ2v) is 5.17. The molecule has 0 saturated carbocycles. The summed E-state index contributed by atoms with van der Waals surface area (Å²) in [5.74, 6) is 2.75. The quantitative estimate of drug-likeness (QED) is 0.433. The van der Waals surface area contributed by atoms with E-state index in [1.165, 1.54) is 62.9 Å². The Hall–Kier alpha value is 0.350. The molecule has 0 aromatic rings. The predicted molar refractivity (Wildman–Crippen MR) is 69.9 cm³/mol. The van der Waals surface area contributed by atoms with Crippen LogP contribution in [0.5, 0.6) is 0 Å². The maximum absolute atomic E-state index is 3.85. The highest BCUT2D eigenvalue weighted by molar-refractivity contribution is 7.99. The van der Waals surface area contributed by atoms with Gasteiger partial charge in [0.2, 0.25) is 0 Å². The van der Waals surface area contributed by atoms with Crippen LogP contribution in [0.2, 0.25) is 0 Å². The third-order valence-corrected chi connectivity index (χ3v) is 3.59. The van der Waals surface area contributed by atoms with Gasteiger partial charge in [0.25, 0.3) is 0 Å². The highest BCUT2D eigenvalue weighted by Gasteiger charge is 1.91. The maximum atomic E-state index is 3.85. The van der Waals surface area contributed by atoms with Crippen LogP contribution < -0.4 is 0 Å². The third kappa shape index (κ3) is 12.3. The first-order valence-corrected chi connectivity index (χ1v) is 7.44. The van der Waals surface area contributed by atoms with Crippen molar-refractivity contribution in [2.75, 3.05) is 11.5 Å². The van der Waals surface area contributed by atoms with Crippen LogP contribution in [0.1, 0.15) is 64.7 Å². The molecule has 0 unspecified atom stereocenters. The van der Waals surface area contributed by atoms with Gasteiger partial charge in [-0.1, -0.05) is 58.8 Å². The molecule has 0 bridgehead atoms. The molecule has 1 heteroatoms. The second-order valence-electron chi connectivity index (χ2n) is 3.94. The summed E-state index contributed by atoms with van der Waals surface area (Å²) in [5, 5.41) is 0. The first-order valence-electron chi connectivity index (χ1n) is 6.28. The first-order chi connectivity index (χ1) is 6.91. The molecular formula is C13H27S. The molecule has 0 fully saturated rings. The van der Waals surface area contributed by atoms with E-state index in [0.717, 1.165) is 6.42 Å². The van der Waals surface area contributed by atoms with Crippen molar-refractivity contribution in [1.82, 2.24) is 0 Å². The Morgan fingerprint density at radius 1 is 0.786 bits per heavy atom. The summed E-state index contributed by atoms with van der Waals surface area (Å²) in [6.07, 6.45) is 12.3. The van der Waals surface area contributed by atoms with Crippen LogP contribution in [0, 0.1) is 6.92 Å². The van der Waals surface area contributed by atoms with E-state index in [-0.39, 0.29) is 0 Å². The van der Waals surface area contributed by atoms with E-state index in [9.17, 15) is 0 Å². The third-order valence-electron chi connectivity index (χ3n) is 2.43. The standard InChI is InChI=1S/C13H27S/c1-3-5-7-9-11-13-14-12-10-8-6-4-2/h2-13H2,1H3. The summed E-state index contributed by atoms with van der Waals surface area (Å²) in [6.45, 7) is 6.13. The van der Waals surface area contributed by atoms with Crippen LogP contribution in [0.4, 0.5) is 0 Å². The average molecular weight is 215 g/mol. The summed E-state index contributed by atoms with van der Waals surface area (Å²) in [5.41, 5.74) is 0. The Morgan fingerprint density at radius 2 is 1.36 bits per heavy atom. The molecule has 0 aliphatic rings. The van der Waals surface area contributed by atoms with Crippen LogP contribution >= 0.6 is 11.8 Å². The van der Waals surface area contributed by atoms with Gasteiger partial charge in [-0.05, 0) is 24.3 Å². The predicted octanol–water partition coefficient (Wildman–Crippen LogP) is 5.08. The van der Waals surface area contributed by atoms with Gasteiger partial charge in [0.1, 0.15) is 0 Å². The van der Waals surface area contributed by atoms with E-state index < -0.39 is 0 Å². The zero-order valence-electron chi connectivity index (χ0n) is 9.89. The molecule has 0 amide bonds. The van der Waals surface area contributed by atoms with Gasteiger partial charge in [-0.2, -0.15) is 11.8 Å². The van der Waals surface area contributed by atoms with Crippen LogP contribution in [0.25, 0.3) is 0 Å². The molecule has 0 aliphatic heterocycles. The highest BCUT2D eigenvalue weighted by atomic mass is 32.2. The lowest BCUT2D eigenvalue weighted by Gasteiger charge is -2.01. The monoisotopic (exact) mass is 215 g/mol. The van der Waals surface area contributed by atoms with Gasteiger partial charge in [-0.3, -0.25) is 0 Å². The lowest BCUT2D eigenvalue weighted by Crippen LogP contribution is -1.85. The van der Waals surface area contributed by atoms with Crippen molar-refractivity contribution in [2.45, 2.75) is 64.7 Å². The maximum Gasteiger partial charge on any atom is -0.00675 e. The Labute approximate surface area is 95.2 Å². The number of unbranched alkanes of at least 4 members (excludes halogenated alkanes) is 7. The van der Waals surface area contributed by atoms with Crippen LogP contribution in [-0.4, -0.2) is 11.5 Å². The van der Waals surface area contributed by atoms with E-state index in [1.54, 1.807) is 0 Å². The van der Waals surface area contributed by atoms with Crippen molar-refractivity contribution in [3.63, 3.8) is 0 Å². The van der Waals surface area contributed by atoms with E-state index in [1.807, 2.05) is 0 Å². The van der Waals surface area contributed by atoms with E-state index in [0.29, 0.717) is 0 Å². The van der Waals surface area contributed by atoms with Gasteiger partial charge in [-0.25, -0.2) is 0 Å². The van der Waals surface area contributed by atoms with Crippen molar-refractivity contribution in [3.8, 4) is 0 Å². The first kappa shape index (κ1) is 14.3. The van der Waals surface area contributed by atoms with Gasteiger partial charge >= 0.3 is 0 Å². The molecule has 0 rings (SSSR count). The van der Waals surface area contributed by atoms with Crippen molar-refractivity contribution in [2.24, 2.45) is 0 Å². The average Bonchev–Trinajstić information content (AvgIpc) is 2.21. The topological polar surface area (TPSA) is 0 Å². The smallest absolute Gasteiger partial charge is 0.00675 e. The molecule has 0 nitrogen and oxygen atoms in total. The molecular weight excluding hydrogens is 188 g/mol. The fourth-order valence-corrected chi connectivity index (χ4v) is 2.49. The molecule has 85 valence electrons. The molecule has 0 atom stereocenters. The summed E-state index contributed by atoms with van der Waals surface area (Å²) >= 11 is 2.14. The second kappa shape index (κ2) is 13.4. The van der Waals surface area contributed by atoms with Gasteiger partial charge in [0.15, 0.2) is 0 Å². The van der Waals surface area contributed by atoms with Crippen LogP contribution in [0.15, 0.2) is 0 Å². The molecule has 0 aromatic heterocycles. The Morgan fingerprint density at radius 3 is 1.93 bits per heavy atom. The van der Waals surface area contributed by atoms with Crippen molar-refractivity contribution < 1.29 is 0 Å². The van der Waals surface area contributed by atoms with E-state index >= 15 is 0 Å². The van der Waals surface area contributed by atoms with Gasteiger partial charge < -0.3 is 0 Å². The lowest BCUT2D eigenvalue weighted by atomic mass is 10.2. The van der Waals surface area contributed by atoms with E-state index in [2.05, 4.69) is 25.6 Å². The molecule has 0 heterocycles. The van der Waals surface area contributed by atoms with Crippen molar-refractivity contribution in [1.29, 1.82) is 0 Å². The number of thioether (sulfide) groups is 1. The molecule has 0 N–H and O–H groups in total. The molecule has 0 aliphatic carbocycles. The zero-order valence-corrected chi connectivity index (χ0v) is 10.7. The summed E-state index contributed by atoms with van der Waals surface area (Å²) in [4.78, 5) is 0.